The molecule has 1 aromatic carbocycles. The molecule has 0 bridgehead atoms. The number of carbonyl (C=O) groups excluding carboxylic acids is 1. The predicted molar refractivity (Wildman–Crippen MR) is 115 cm³/mol. The van der Waals surface area contributed by atoms with Crippen LogP contribution < -0.4 is 11.1 Å². The molecule has 1 amide bonds. The van der Waals surface area contributed by atoms with Crippen LogP contribution in [0.1, 0.15) is 44.2 Å². The van der Waals surface area contributed by atoms with Gasteiger partial charge in [0.25, 0.3) is 0 Å². The molecule has 0 radical (unpaired) electrons. The van der Waals surface area contributed by atoms with Crippen LogP contribution in [0.4, 0.5) is 0 Å². The number of amides is 1. The van der Waals surface area contributed by atoms with Gasteiger partial charge < -0.3 is 11.1 Å². The first-order valence-corrected chi connectivity index (χ1v) is 11.2. The van der Waals surface area contributed by atoms with Crippen molar-refractivity contribution in [3.05, 3.63) is 29.3 Å². The highest BCUT2D eigenvalue weighted by Gasteiger charge is 2.33. The summed E-state index contributed by atoms with van der Waals surface area (Å²) in [5.74, 6) is 0.301. The van der Waals surface area contributed by atoms with Crippen molar-refractivity contribution in [1.29, 1.82) is 0 Å². The molecule has 0 spiro atoms. The summed E-state index contributed by atoms with van der Waals surface area (Å²) >= 11 is 0. The predicted octanol–water partition coefficient (Wildman–Crippen LogP) is 2.62. The second kappa shape index (κ2) is 10.6. The number of rotatable bonds is 7. The molecule has 0 saturated carbocycles. The van der Waals surface area contributed by atoms with Gasteiger partial charge in [0, 0.05) is 31.6 Å². The summed E-state index contributed by atoms with van der Waals surface area (Å²) in [4.78, 5) is 12.9. The van der Waals surface area contributed by atoms with Crippen LogP contribution in [0.3, 0.4) is 0 Å². The highest BCUT2D eigenvalue weighted by Crippen LogP contribution is 2.26. The van der Waals surface area contributed by atoms with Gasteiger partial charge in [0.2, 0.25) is 15.9 Å². The normalized spacial score (nSPS) is 17.2. The lowest BCUT2D eigenvalue weighted by molar-refractivity contribution is -0.126. The molecule has 1 aliphatic rings. The van der Waals surface area contributed by atoms with Crippen molar-refractivity contribution in [3.63, 3.8) is 0 Å². The minimum atomic E-state index is -3.52. The van der Waals surface area contributed by atoms with E-state index in [1.807, 2.05) is 26.0 Å². The van der Waals surface area contributed by atoms with Crippen molar-refractivity contribution >= 4 is 28.3 Å². The Kier molecular flexibility index (Phi) is 9.40. The van der Waals surface area contributed by atoms with Crippen molar-refractivity contribution < 1.29 is 13.2 Å². The molecular formula is C20H34ClN3O3S. The fourth-order valence-electron chi connectivity index (χ4n) is 3.69. The van der Waals surface area contributed by atoms with E-state index in [0.717, 1.165) is 17.5 Å². The Hall–Kier alpha value is -1.15. The van der Waals surface area contributed by atoms with Crippen LogP contribution in [-0.4, -0.2) is 44.3 Å². The maximum absolute atomic E-state index is 13.0. The molecule has 6 nitrogen and oxygen atoms in total. The molecule has 0 aromatic heterocycles. The molecule has 1 atom stereocenters. The van der Waals surface area contributed by atoms with E-state index in [0.29, 0.717) is 43.3 Å². The summed E-state index contributed by atoms with van der Waals surface area (Å²) < 4.78 is 27.4. The highest BCUT2D eigenvalue weighted by atomic mass is 35.5. The Morgan fingerprint density at radius 1 is 1.25 bits per heavy atom. The molecule has 0 aliphatic carbocycles. The fourth-order valence-corrected chi connectivity index (χ4v) is 5.36. The number of piperidine rings is 1. The fraction of sp³-hybridized carbons (Fsp3) is 0.650. The number of nitrogens with two attached hydrogens (primary N) is 1. The topological polar surface area (TPSA) is 92.5 Å². The lowest BCUT2D eigenvalue weighted by Gasteiger charge is -2.32. The van der Waals surface area contributed by atoms with Gasteiger partial charge in [-0.25, -0.2) is 8.42 Å². The van der Waals surface area contributed by atoms with E-state index in [-0.39, 0.29) is 30.3 Å². The van der Waals surface area contributed by atoms with Crippen molar-refractivity contribution in [1.82, 2.24) is 9.62 Å². The van der Waals surface area contributed by atoms with Gasteiger partial charge in [-0.3, -0.25) is 4.79 Å². The minimum absolute atomic E-state index is 0. The Morgan fingerprint density at radius 3 is 2.36 bits per heavy atom. The third-order valence-electron chi connectivity index (χ3n) is 5.16. The van der Waals surface area contributed by atoms with E-state index < -0.39 is 10.0 Å². The number of hydrogen-bond donors (Lipinski definition) is 2. The van der Waals surface area contributed by atoms with Crippen LogP contribution in [-0.2, 0) is 14.8 Å². The van der Waals surface area contributed by atoms with Crippen LogP contribution in [0.2, 0.25) is 0 Å². The molecular weight excluding hydrogens is 398 g/mol. The van der Waals surface area contributed by atoms with Crippen LogP contribution >= 0.6 is 12.4 Å². The van der Waals surface area contributed by atoms with E-state index >= 15 is 0 Å². The Balaban J connectivity index is 0.00000392. The van der Waals surface area contributed by atoms with E-state index in [1.165, 1.54) is 4.31 Å². The van der Waals surface area contributed by atoms with Crippen LogP contribution in [0, 0.1) is 25.7 Å². The number of aryl methyl sites for hydroxylation is 2. The first-order chi connectivity index (χ1) is 12.6. The quantitative estimate of drug-likeness (QED) is 0.693. The van der Waals surface area contributed by atoms with Gasteiger partial charge in [0.15, 0.2) is 0 Å². The van der Waals surface area contributed by atoms with Gasteiger partial charge >= 0.3 is 0 Å². The molecule has 3 N–H and O–H groups in total. The molecule has 1 heterocycles. The molecule has 1 aromatic rings. The third kappa shape index (κ3) is 6.17. The maximum Gasteiger partial charge on any atom is 0.243 e. The summed E-state index contributed by atoms with van der Waals surface area (Å²) in [5, 5.41) is 3.04. The SMILES string of the molecule is Cc1ccc(S(=O)(=O)N2CCC(C(=O)NC(CN)CC(C)C)CC2)c(C)c1.Cl. The third-order valence-corrected chi connectivity index (χ3v) is 7.22. The van der Waals surface area contributed by atoms with Gasteiger partial charge in [-0.15, -0.1) is 12.4 Å². The molecule has 8 heteroatoms. The average Bonchev–Trinajstić information content (AvgIpc) is 2.60. The van der Waals surface area contributed by atoms with Crippen LogP contribution in [0.15, 0.2) is 23.1 Å². The number of sulfonamides is 1. The first-order valence-electron chi connectivity index (χ1n) is 9.73. The number of nitrogens with zero attached hydrogens (tertiary/aromatic N) is 1. The summed E-state index contributed by atoms with van der Waals surface area (Å²) in [6.45, 7) is 9.12. The van der Waals surface area contributed by atoms with Crippen LogP contribution in [0.25, 0.3) is 0 Å². The highest BCUT2D eigenvalue weighted by molar-refractivity contribution is 7.89. The van der Waals surface area contributed by atoms with Gasteiger partial charge in [0.1, 0.15) is 0 Å². The first kappa shape index (κ1) is 24.9. The number of carbonyl (C=O) groups is 1. The van der Waals surface area contributed by atoms with E-state index in [2.05, 4.69) is 19.2 Å². The molecule has 1 fully saturated rings. The summed E-state index contributed by atoms with van der Waals surface area (Å²) in [5.41, 5.74) is 7.56. The molecule has 1 unspecified atom stereocenters. The molecule has 28 heavy (non-hydrogen) atoms. The minimum Gasteiger partial charge on any atom is -0.352 e. The van der Waals surface area contributed by atoms with Gasteiger partial charge in [-0.1, -0.05) is 31.5 Å². The largest absolute Gasteiger partial charge is 0.352 e. The number of benzene rings is 1. The maximum atomic E-state index is 13.0. The number of nitrogens with one attached hydrogen (secondary N) is 1. The zero-order valence-corrected chi connectivity index (χ0v) is 18.9. The summed E-state index contributed by atoms with van der Waals surface area (Å²) in [6.07, 6.45) is 1.92. The Morgan fingerprint density at radius 2 is 1.86 bits per heavy atom. The number of hydrogen-bond acceptors (Lipinski definition) is 4. The second-order valence-corrected chi connectivity index (χ2v) is 9.92. The summed E-state index contributed by atoms with van der Waals surface area (Å²) in [6, 6.07) is 5.36. The van der Waals surface area contributed by atoms with E-state index in [4.69, 9.17) is 5.73 Å². The second-order valence-electron chi connectivity index (χ2n) is 8.02. The number of halogens is 1. The van der Waals surface area contributed by atoms with Gasteiger partial charge in [-0.05, 0) is 50.7 Å². The van der Waals surface area contributed by atoms with Crippen molar-refractivity contribution in [2.24, 2.45) is 17.6 Å². The monoisotopic (exact) mass is 431 g/mol. The Labute approximate surface area is 175 Å². The van der Waals surface area contributed by atoms with Gasteiger partial charge in [0.05, 0.1) is 4.90 Å². The zero-order valence-electron chi connectivity index (χ0n) is 17.3. The van der Waals surface area contributed by atoms with Crippen LogP contribution in [0.5, 0.6) is 0 Å². The standard InChI is InChI=1S/C20H33N3O3S.ClH/c1-14(2)11-18(13-21)22-20(24)17-7-9-23(10-8-17)27(25,26)19-6-5-15(3)12-16(19)4;/h5-6,12,14,17-18H,7-11,13,21H2,1-4H3,(H,22,24);1H. The van der Waals surface area contributed by atoms with E-state index in [9.17, 15) is 13.2 Å². The van der Waals surface area contributed by atoms with E-state index in [1.54, 1.807) is 6.07 Å². The smallest absolute Gasteiger partial charge is 0.243 e. The molecule has 2 rings (SSSR count). The molecule has 1 saturated heterocycles. The van der Waals surface area contributed by atoms with Crippen molar-refractivity contribution in [2.45, 2.75) is 57.9 Å². The van der Waals surface area contributed by atoms with Crippen molar-refractivity contribution in [3.8, 4) is 0 Å². The van der Waals surface area contributed by atoms with Gasteiger partial charge in [-0.2, -0.15) is 4.31 Å². The Bertz CT molecular complexity index is 760. The van der Waals surface area contributed by atoms with Crippen molar-refractivity contribution in [2.75, 3.05) is 19.6 Å². The molecule has 1 aliphatic heterocycles. The lowest BCUT2D eigenvalue weighted by atomic mass is 9.96. The lowest BCUT2D eigenvalue weighted by Crippen LogP contribution is -2.47. The average molecular weight is 432 g/mol. The summed E-state index contributed by atoms with van der Waals surface area (Å²) in [7, 11) is -3.52. The zero-order chi connectivity index (χ0) is 20.2. The molecule has 160 valence electrons.